The van der Waals surface area contributed by atoms with E-state index in [1.54, 1.807) is 18.2 Å². The predicted molar refractivity (Wildman–Crippen MR) is 116 cm³/mol. The summed E-state index contributed by atoms with van der Waals surface area (Å²) >= 11 is 0. The van der Waals surface area contributed by atoms with Crippen LogP contribution in [0.2, 0.25) is 0 Å². The minimum atomic E-state index is -6.02. The zero-order chi connectivity index (χ0) is 26.3. The van der Waals surface area contributed by atoms with E-state index in [0.717, 1.165) is 12.1 Å². The molecular weight excluding hydrogens is 494 g/mol. The van der Waals surface area contributed by atoms with Crippen molar-refractivity contribution in [2.75, 3.05) is 10.6 Å². The van der Waals surface area contributed by atoms with Gasteiger partial charge in [-0.2, -0.15) is 26.3 Å². The molecule has 4 rings (SSSR count). The number of rotatable bonds is 5. The topological polar surface area (TPSA) is 103 Å². The number of fused-ring (bicyclic) bond motifs is 1. The Balaban J connectivity index is 1.57. The molecule has 36 heavy (non-hydrogen) atoms. The molecule has 0 bridgehead atoms. The number of aliphatic hydroxyl groups is 1. The number of benzene rings is 2. The molecule has 0 spiro atoms. The smallest absolute Gasteiger partial charge is 0.369 e. The maximum atomic E-state index is 13.1. The van der Waals surface area contributed by atoms with Crippen LogP contribution in [0.3, 0.4) is 0 Å². The summed E-state index contributed by atoms with van der Waals surface area (Å²) in [6.07, 6.45) is -10.6. The molecule has 0 radical (unpaired) electrons. The van der Waals surface area contributed by atoms with Crippen LogP contribution in [0.5, 0.6) is 0 Å². The van der Waals surface area contributed by atoms with Crippen LogP contribution < -0.4 is 16.0 Å². The molecule has 7 nitrogen and oxygen atoms in total. The van der Waals surface area contributed by atoms with Gasteiger partial charge in [0.15, 0.2) is 0 Å². The average molecular weight is 510 g/mol. The lowest BCUT2D eigenvalue weighted by atomic mass is 9.92. The summed E-state index contributed by atoms with van der Waals surface area (Å²) in [5.41, 5.74) is -5.00. The molecule has 0 saturated carbocycles. The average Bonchev–Trinajstić information content (AvgIpc) is 3.19. The van der Waals surface area contributed by atoms with Gasteiger partial charge in [-0.25, -0.2) is 4.98 Å². The maximum absolute atomic E-state index is 13.1. The van der Waals surface area contributed by atoms with Gasteiger partial charge in [-0.1, -0.05) is 18.2 Å². The van der Waals surface area contributed by atoms with E-state index in [2.05, 4.69) is 20.9 Å². The second-order valence-electron chi connectivity index (χ2n) is 7.78. The minimum Gasteiger partial charge on any atom is -0.369 e. The van der Waals surface area contributed by atoms with Crippen LogP contribution in [0.4, 0.5) is 43.5 Å². The van der Waals surface area contributed by atoms with Crippen molar-refractivity contribution in [3.05, 3.63) is 83.0 Å². The second-order valence-corrected chi connectivity index (χ2v) is 7.78. The molecule has 1 aromatic heterocycles. The van der Waals surface area contributed by atoms with Crippen LogP contribution in [0.1, 0.15) is 31.8 Å². The molecule has 0 aliphatic carbocycles. The van der Waals surface area contributed by atoms with Crippen molar-refractivity contribution in [2.45, 2.75) is 24.5 Å². The van der Waals surface area contributed by atoms with E-state index >= 15 is 0 Å². The van der Waals surface area contributed by atoms with Gasteiger partial charge in [-0.05, 0) is 36.4 Å². The van der Waals surface area contributed by atoms with Crippen molar-refractivity contribution < 1.29 is 41.0 Å². The summed E-state index contributed by atoms with van der Waals surface area (Å²) in [5.74, 6) is -0.913. The lowest BCUT2D eigenvalue weighted by Gasteiger charge is -2.32. The zero-order valence-electron chi connectivity index (χ0n) is 18.0. The molecule has 1 aliphatic rings. The molecule has 0 saturated heterocycles. The molecule has 4 N–H and O–H groups in total. The normalized spacial score (nSPS) is 13.7. The number of alkyl halides is 6. The lowest BCUT2D eigenvalue weighted by Crippen LogP contribution is -2.53. The van der Waals surface area contributed by atoms with Crippen molar-refractivity contribution in [3.8, 4) is 0 Å². The summed E-state index contributed by atoms with van der Waals surface area (Å²) < 4.78 is 78.4. The quantitative estimate of drug-likeness (QED) is 0.375. The minimum absolute atomic E-state index is 0.0125. The van der Waals surface area contributed by atoms with Gasteiger partial charge in [0.2, 0.25) is 0 Å². The molecule has 0 unspecified atom stereocenters. The van der Waals surface area contributed by atoms with Crippen LogP contribution in [-0.4, -0.2) is 34.3 Å². The van der Waals surface area contributed by atoms with Crippen LogP contribution >= 0.6 is 0 Å². The fourth-order valence-electron chi connectivity index (χ4n) is 3.67. The molecule has 188 valence electrons. The van der Waals surface area contributed by atoms with Crippen molar-refractivity contribution in [3.63, 3.8) is 0 Å². The van der Waals surface area contributed by atoms with E-state index in [4.69, 9.17) is 0 Å². The summed E-state index contributed by atoms with van der Waals surface area (Å²) in [6, 6.07) is 10.3. The molecule has 2 amide bonds. The highest BCUT2D eigenvalue weighted by molar-refractivity contribution is 6.08. The van der Waals surface area contributed by atoms with E-state index in [-0.39, 0.29) is 29.5 Å². The number of hydrogen-bond donors (Lipinski definition) is 4. The van der Waals surface area contributed by atoms with Gasteiger partial charge in [0.05, 0.1) is 5.56 Å². The zero-order valence-corrected chi connectivity index (χ0v) is 18.0. The third kappa shape index (κ3) is 4.33. The fourth-order valence-corrected chi connectivity index (χ4v) is 3.67. The number of carbonyl (C=O) groups is 2. The maximum Gasteiger partial charge on any atom is 0.430 e. The van der Waals surface area contributed by atoms with Crippen molar-refractivity contribution in [2.24, 2.45) is 0 Å². The van der Waals surface area contributed by atoms with Crippen LogP contribution in [0, 0.1) is 0 Å². The van der Waals surface area contributed by atoms with Gasteiger partial charge in [0.1, 0.15) is 5.82 Å². The number of aromatic nitrogens is 1. The summed E-state index contributed by atoms with van der Waals surface area (Å²) in [5, 5.41) is 17.5. The first-order valence-electron chi connectivity index (χ1n) is 10.2. The Morgan fingerprint density at radius 1 is 0.944 bits per heavy atom. The van der Waals surface area contributed by atoms with Crippen LogP contribution in [0.25, 0.3) is 0 Å². The van der Waals surface area contributed by atoms with E-state index < -0.39 is 29.4 Å². The Labute approximate surface area is 199 Å². The van der Waals surface area contributed by atoms with E-state index in [9.17, 15) is 41.0 Å². The van der Waals surface area contributed by atoms with Gasteiger partial charge in [0, 0.05) is 40.8 Å². The first-order chi connectivity index (χ1) is 16.8. The molecular formula is C23H16F6N4O3. The van der Waals surface area contributed by atoms with E-state index in [0.29, 0.717) is 28.9 Å². The Kier molecular flexibility index (Phi) is 6.12. The molecule has 3 aromatic rings. The Morgan fingerprint density at radius 2 is 1.61 bits per heavy atom. The van der Waals surface area contributed by atoms with Crippen LogP contribution in [-0.2, 0) is 12.1 Å². The molecule has 0 atom stereocenters. The molecule has 2 aromatic carbocycles. The second kappa shape index (κ2) is 8.82. The first kappa shape index (κ1) is 25.0. The number of halogens is 6. The van der Waals surface area contributed by atoms with Gasteiger partial charge in [-0.3, -0.25) is 9.59 Å². The Bertz CT molecular complexity index is 1310. The molecule has 2 heterocycles. The van der Waals surface area contributed by atoms with Crippen molar-refractivity contribution in [1.29, 1.82) is 0 Å². The fraction of sp³-hybridized carbons (Fsp3) is 0.174. The Morgan fingerprint density at radius 3 is 2.25 bits per heavy atom. The summed E-state index contributed by atoms with van der Waals surface area (Å²) in [6.45, 7) is 0.264. The molecule has 13 heteroatoms. The lowest BCUT2D eigenvalue weighted by molar-refractivity contribution is -0.376. The standard InChI is InChI=1S/C23H16F6N4O3/c24-22(25,26)21(36,23(27,28)29)12-6-8-13(9-7-12)32-20(35)15-4-2-10-30-18(15)33-17-5-1-3-14-16(17)11-31-19(14)34/h1-10,36H,11H2,(H,30,33)(H,31,34)(H,32,35). The SMILES string of the molecule is O=C(Nc1ccc(C(O)(C(F)(F)F)C(F)(F)F)cc1)c1cccnc1Nc1cccc2c1CNC2=O. The van der Waals surface area contributed by atoms with Gasteiger partial charge >= 0.3 is 12.4 Å². The van der Waals surface area contributed by atoms with E-state index in [1.165, 1.54) is 18.3 Å². The third-order valence-electron chi connectivity index (χ3n) is 5.53. The number of amides is 2. The largest absolute Gasteiger partial charge is 0.430 e. The first-order valence-corrected chi connectivity index (χ1v) is 10.2. The number of hydrogen-bond acceptors (Lipinski definition) is 5. The van der Waals surface area contributed by atoms with Gasteiger partial charge < -0.3 is 21.1 Å². The molecule has 0 fully saturated rings. The summed E-state index contributed by atoms with van der Waals surface area (Å²) in [7, 11) is 0. The summed E-state index contributed by atoms with van der Waals surface area (Å²) in [4.78, 5) is 28.9. The highest BCUT2D eigenvalue weighted by atomic mass is 19.4. The van der Waals surface area contributed by atoms with Gasteiger partial charge in [0.25, 0.3) is 17.4 Å². The molecule has 1 aliphatic heterocycles. The van der Waals surface area contributed by atoms with Crippen molar-refractivity contribution in [1.82, 2.24) is 10.3 Å². The highest BCUT2D eigenvalue weighted by Crippen LogP contribution is 2.50. The number of nitrogens with one attached hydrogen (secondary N) is 3. The van der Waals surface area contributed by atoms with E-state index in [1.807, 2.05) is 0 Å². The van der Waals surface area contributed by atoms with Crippen molar-refractivity contribution >= 4 is 29.0 Å². The third-order valence-corrected chi connectivity index (χ3v) is 5.53. The van der Waals surface area contributed by atoms with Crippen LogP contribution in [0.15, 0.2) is 60.8 Å². The number of pyridine rings is 1. The monoisotopic (exact) mass is 510 g/mol. The van der Waals surface area contributed by atoms with Gasteiger partial charge in [-0.15, -0.1) is 0 Å². The Hall–Kier alpha value is -4.13. The predicted octanol–water partition coefficient (Wildman–Crippen LogP) is 4.63. The number of nitrogens with zero attached hydrogens (tertiary/aromatic N) is 1. The highest BCUT2D eigenvalue weighted by Gasteiger charge is 2.71. The number of anilines is 3. The number of carbonyl (C=O) groups excluding carboxylic acids is 2.